The van der Waals surface area contributed by atoms with Gasteiger partial charge in [0.25, 0.3) is 0 Å². The second-order valence-electron chi connectivity index (χ2n) is 7.16. The summed E-state index contributed by atoms with van der Waals surface area (Å²) in [6.07, 6.45) is 0. The zero-order chi connectivity index (χ0) is 15.7. The van der Waals surface area contributed by atoms with Gasteiger partial charge in [-0.05, 0) is 43.4 Å². The van der Waals surface area contributed by atoms with Crippen molar-refractivity contribution in [1.29, 1.82) is 0 Å². The van der Waals surface area contributed by atoms with Gasteiger partial charge in [-0.25, -0.2) is 0 Å². The first-order valence-electron chi connectivity index (χ1n) is 7.64. The van der Waals surface area contributed by atoms with Crippen LogP contribution in [0.1, 0.15) is 84.2 Å². The maximum atomic E-state index is 12.5. The first kappa shape index (κ1) is 16.9. The summed E-state index contributed by atoms with van der Waals surface area (Å²) < 4.78 is 0. The Kier molecular flexibility index (Phi) is 5.12. The molecule has 0 atom stereocenters. The predicted octanol–water partition coefficient (Wildman–Crippen LogP) is 4.83. The number of aromatic nitrogens is 1. The highest BCUT2D eigenvalue weighted by Crippen LogP contribution is 2.31. The van der Waals surface area contributed by atoms with E-state index in [0.29, 0.717) is 11.8 Å². The van der Waals surface area contributed by atoms with E-state index >= 15 is 0 Å². The summed E-state index contributed by atoms with van der Waals surface area (Å²) in [6, 6.07) is 4.22. The molecular formula is C18H29NO. The minimum Gasteiger partial charge on any atom is -0.298 e. The number of nitrogens with zero attached hydrogens (tertiary/aromatic N) is 1. The molecule has 0 aliphatic heterocycles. The van der Waals surface area contributed by atoms with Gasteiger partial charge in [-0.15, -0.1) is 0 Å². The summed E-state index contributed by atoms with van der Waals surface area (Å²) in [6.45, 7) is 16.6. The van der Waals surface area contributed by atoms with Crippen molar-refractivity contribution in [3.8, 4) is 0 Å². The van der Waals surface area contributed by atoms with E-state index in [1.54, 1.807) is 0 Å². The van der Waals surface area contributed by atoms with E-state index in [4.69, 9.17) is 4.98 Å². The molecule has 0 amide bonds. The Morgan fingerprint density at radius 3 is 1.65 bits per heavy atom. The monoisotopic (exact) mass is 275 g/mol. The highest BCUT2D eigenvalue weighted by Gasteiger charge is 2.32. The van der Waals surface area contributed by atoms with Gasteiger partial charge in [0.2, 0.25) is 0 Å². The first-order chi connectivity index (χ1) is 9.07. The molecule has 1 heterocycles. The summed E-state index contributed by atoms with van der Waals surface area (Å²) in [5.41, 5.74) is 2.80. The van der Waals surface area contributed by atoms with Crippen LogP contribution in [-0.4, -0.2) is 10.8 Å². The van der Waals surface area contributed by atoms with Crippen LogP contribution in [0.4, 0.5) is 0 Å². The molecule has 0 saturated carbocycles. The molecule has 0 aliphatic rings. The summed E-state index contributed by atoms with van der Waals surface area (Å²) >= 11 is 0. The van der Waals surface area contributed by atoms with Crippen LogP contribution in [0.3, 0.4) is 0 Å². The van der Waals surface area contributed by atoms with E-state index in [1.165, 1.54) is 0 Å². The van der Waals surface area contributed by atoms with Crippen molar-refractivity contribution in [3.63, 3.8) is 0 Å². The Hall–Kier alpha value is -1.18. The van der Waals surface area contributed by atoms with E-state index in [2.05, 4.69) is 39.8 Å². The molecule has 0 radical (unpaired) electrons. The lowest BCUT2D eigenvalue weighted by molar-refractivity contribution is -0.126. The fraction of sp³-hybridized carbons (Fsp3) is 0.667. The van der Waals surface area contributed by atoms with Crippen LogP contribution < -0.4 is 0 Å². The Bertz CT molecular complexity index is 458. The predicted molar refractivity (Wildman–Crippen MR) is 85.3 cm³/mol. The van der Waals surface area contributed by atoms with Gasteiger partial charge >= 0.3 is 0 Å². The third-order valence-electron chi connectivity index (χ3n) is 3.91. The van der Waals surface area contributed by atoms with Crippen molar-refractivity contribution in [2.45, 2.75) is 72.6 Å². The summed E-state index contributed by atoms with van der Waals surface area (Å²) in [5.74, 6) is 1.08. The molecule has 1 aromatic rings. The summed E-state index contributed by atoms with van der Waals surface area (Å²) in [4.78, 5) is 17.2. The molecule has 0 saturated heterocycles. The van der Waals surface area contributed by atoms with Gasteiger partial charge in [-0.3, -0.25) is 9.78 Å². The molecule has 0 unspecified atom stereocenters. The van der Waals surface area contributed by atoms with Crippen molar-refractivity contribution in [2.75, 3.05) is 0 Å². The van der Waals surface area contributed by atoms with Crippen molar-refractivity contribution in [3.05, 3.63) is 29.1 Å². The molecule has 0 N–H and O–H groups in total. The third kappa shape index (κ3) is 3.47. The van der Waals surface area contributed by atoms with Gasteiger partial charge in [-0.2, -0.15) is 0 Å². The number of carbonyl (C=O) groups excluding carboxylic acids is 1. The van der Waals surface area contributed by atoms with Gasteiger partial charge < -0.3 is 0 Å². The normalized spacial score (nSPS) is 12.6. The summed E-state index contributed by atoms with van der Waals surface area (Å²) in [7, 11) is 0. The fourth-order valence-electron chi connectivity index (χ4n) is 2.39. The zero-order valence-electron chi connectivity index (χ0n) is 14.2. The van der Waals surface area contributed by atoms with Crippen LogP contribution in [0.2, 0.25) is 0 Å². The van der Waals surface area contributed by atoms with E-state index in [1.807, 2.05) is 27.7 Å². The van der Waals surface area contributed by atoms with Gasteiger partial charge in [0, 0.05) is 22.7 Å². The van der Waals surface area contributed by atoms with Gasteiger partial charge in [-0.1, -0.05) is 41.5 Å². The van der Waals surface area contributed by atoms with Gasteiger partial charge in [0.05, 0.1) is 0 Å². The molecular weight excluding hydrogens is 246 g/mol. The van der Waals surface area contributed by atoms with E-state index in [-0.39, 0.29) is 11.7 Å². The number of ketones is 1. The highest BCUT2D eigenvalue weighted by molar-refractivity contribution is 5.90. The molecule has 1 rings (SSSR count). The zero-order valence-corrected chi connectivity index (χ0v) is 14.2. The SMILES string of the molecule is CC(C)C(=O)C(C)(C)c1cc(C(C)C)nc(C(C)C)c1. The van der Waals surface area contributed by atoms with E-state index in [9.17, 15) is 4.79 Å². The maximum absolute atomic E-state index is 12.5. The number of carbonyl (C=O) groups is 1. The molecule has 0 fully saturated rings. The van der Waals surface area contributed by atoms with Crippen LogP contribution in [-0.2, 0) is 10.2 Å². The molecule has 20 heavy (non-hydrogen) atoms. The molecule has 0 aliphatic carbocycles. The maximum Gasteiger partial charge on any atom is 0.145 e. The molecule has 112 valence electrons. The first-order valence-corrected chi connectivity index (χ1v) is 7.64. The van der Waals surface area contributed by atoms with Gasteiger partial charge in [0.15, 0.2) is 0 Å². The lowest BCUT2D eigenvalue weighted by Crippen LogP contribution is -2.33. The molecule has 0 bridgehead atoms. The Morgan fingerprint density at radius 1 is 0.950 bits per heavy atom. The number of rotatable bonds is 5. The third-order valence-corrected chi connectivity index (χ3v) is 3.91. The average Bonchev–Trinajstić information content (AvgIpc) is 2.36. The van der Waals surface area contributed by atoms with Crippen LogP contribution in [0.25, 0.3) is 0 Å². The quantitative estimate of drug-likeness (QED) is 0.770. The molecule has 2 heteroatoms. The summed E-state index contributed by atoms with van der Waals surface area (Å²) in [5, 5.41) is 0. The Morgan fingerprint density at radius 2 is 1.35 bits per heavy atom. The van der Waals surface area contributed by atoms with E-state index < -0.39 is 5.41 Å². The molecule has 0 aromatic carbocycles. The standard InChI is InChI=1S/C18H29NO/c1-11(2)15-9-14(10-16(19-15)12(3)4)18(7,8)17(20)13(5)6/h9-13H,1-8H3. The minimum absolute atomic E-state index is 0.0446. The van der Waals surface area contributed by atoms with Crippen LogP contribution in [0, 0.1) is 5.92 Å². The van der Waals surface area contributed by atoms with Gasteiger partial charge in [0.1, 0.15) is 5.78 Å². The van der Waals surface area contributed by atoms with Crippen LogP contribution in [0.15, 0.2) is 12.1 Å². The minimum atomic E-state index is -0.454. The van der Waals surface area contributed by atoms with Crippen LogP contribution in [0.5, 0.6) is 0 Å². The molecule has 1 aromatic heterocycles. The smallest absolute Gasteiger partial charge is 0.145 e. The second-order valence-corrected chi connectivity index (χ2v) is 7.16. The number of Topliss-reactive ketones (excluding diaryl/α,β-unsaturated/α-hetero) is 1. The second kappa shape index (κ2) is 6.07. The number of pyridine rings is 1. The molecule has 2 nitrogen and oxygen atoms in total. The number of hydrogen-bond acceptors (Lipinski definition) is 2. The van der Waals surface area contributed by atoms with Crippen molar-refractivity contribution < 1.29 is 4.79 Å². The average molecular weight is 275 g/mol. The Labute approximate surface area is 124 Å². The fourth-order valence-corrected chi connectivity index (χ4v) is 2.39. The topological polar surface area (TPSA) is 30.0 Å². The molecule has 0 spiro atoms. The van der Waals surface area contributed by atoms with Crippen molar-refractivity contribution >= 4 is 5.78 Å². The lowest BCUT2D eigenvalue weighted by atomic mass is 9.76. The highest BCUT2D eigenvalue weighted by atomic mass is 16.1. The van der Waals surface area contributed by atoms with Crippen LogP contribution >= 0.6 is 0 Å². The van der Waals surface area contributed by atoms with Crippen molar-refractivity contribution in [2.24, 2.45) is 5.92 Å². The van der Waals surface area contributed by atoms with Crippen molar-refractivity contribution in [1.82, 2.24) is 4.98 Å². The van der Waals surface area contributed by atoms with E-state index in [0.717, 1.165) is 17.0 Å². The Balaban J connectivity index is 3.40. The largest absolute Gasteiger partial charge is 0.298 e. The number of hydrogen-bond donors (Lipinski definition) is 0. The lowest BCUT2D eigenvalue weighted by Gasteiger charge is -2.27.